The normalized spacial score (nSPS) is 12.3. The number of benzene rings is 7. The Labute approximate surface area is 374 Å². The van der Waals surface area contributed by atoms with Crippen LogP contribution in [0, 0.1) is 13.8 Å². The standard InChI is InChI=1S/C58H44N6/c1-41-21-15-17-31-49(41)63-57(45-27-11-5-12-28-45)53-35-19-33-51(61-53)55(43-23-7-3-8-24-43)59-47-37-39-48(40-38-47)60-56(44-25-9-4-10-26-44)52-34-20-36-54(62-52)58(46-29-13-6-14-30-46)64-50-32-18-16-22-42(50)2/h3-40H,1-2H3. The molecule has 0 radical (unpaired) electrons. The number of hydrogen-bond acceptors (Lipinski definition) is 6. The van der Waals surface area contributed by atoms with Crippen molar-refractivity contribution in [1.82, 2.24) is 9.97 Å². The highest BCUT2D eigenvalue weighted by Crippen LogP contribution is 2.27. The third-order valence-electron chi connectivity index (χ3n) is 10.7. The molecule has 0 bridgehead atoms. The van der Waals surface area contributed by atoms with Crippen LogP contribution in [0.1, 0.15) is 56.2 Å². The van der Waals surface area contributed by atoms with Gasteiger partial charge in [-0.05, 0) is 85.6 Å². The highest BCUT2D eigenvalue weighted by atomic mass is 14.9. The van der Waals surface area contributed by atoms with Gasteiger partial charge in [-0.15, -0.1) is 0 Å². The van der Waals surface area contributed by atoms with E-state index in [0.717, 1.165) is 102 Å². The average Bonchev–Trinajstić information content (AvgIpc) is 3.36. The largest absolute Gasteiger partial charge is 0.246 e. The molecule has 9 aromatic rings. The smallest absolute Gasteiger partial charge is 0.0966 e. The molecule has 0 aliphatic carbocycles. The van der Waals surface area contributed by atoms with Gasteiger partial charge in [-0.3, -0.25) is 0 Å². The summed E-state index contributed by atoms with van der Waals surface area (Å²) in [5.41, 5.74) is 15.4. The van der Waals surface area contributed by atoms with Crippen molar-refractivity contribution >= 4 is 45.6 Å². The van der Waals surface area contributed by atoms with E-state index in [1.807, 2.05) is 170 Å². The Morgan fingerprint density at radius 1 is 0.266 bits per heavy atom. The number of hydrogen-bond donors (Lipinski definition) is 0. The minimum atomic E-state index is 0.734. The van der Waals surface area contributed by atoms with E-state index in [-0.39, 0.29) is 0 Å². The monoisotopic (exact) mass is 824 g/mol. The first kappa shape index (κ1) is 40.9. The van der Waals surface area contributed by atoms with Crippen LogP contribution in [0.5, 0.6) is 0 Å². The van der Waals surface area contributed by atoms with Crippen molar-refractivity contribution in [2.24, 2.45) is 20.0 Å². The van der Waals surface area contributed by atoms with E-state index in [9.17, 15) is 0 Å². The van der Waals surface area contributed by atoms with Crippen LogP contribution >= 0.6 is 0 Å². The fourth-order valence-corrected chi connectivity index (χ4v) is 7.34. The van der Waals surface area contributed by atoms with Crippen LogP contribution in [0.4, 0.5) is 22.7 Å². The summed E-state index contributed by atoms with van der Waals surface area (Å²) in [6, 6.07) is 77.1. The van der Waals surface area contributed by atoms with Crippen molar-refractivity contribution in [1.29, 1.82) is 0 Å². The Hall–Kier alpha value is -8.48. The second-order valence-electron chi connectivity index (χ2n) is 15.2. The molecule has 0 amide bonds. The summed E-state index contributed by atoms with van der Waals surface area (Å²) >= 11 is 0. The number of nitrogens with zero attached hydrogens (tertiary/aromatic N) is 6. The van der Waals surface area contributed by atoms with Crippen LogP contribution in [0.25, 0.3) is 0 Å². The molecule has 0 spiro atoms. The SMILES string of the molecule is Cc1ccccc1N=C(c1ccccc1)c1cccc(C(=Nc2ccc(N=C(c3ccccc3)c3cccc(C(=Nc4ccccc4C)c4ccccc4)n3)cc2)c2ccccc2)n1. The molecule has 6 heteroatoms. The maximum atomic E-state index is 5.25. The summed E-state index contributed by atoms with van der Waals surface area (Å²) in [5.74, 6) is 0. The van der Waals surface area contributed by atoms with Gasteiger partial charge in [0.05, 0.1) is 68.4 Å². The van der Waals surface area contributed by atoms with Crippen molar-refractivity contribution in [3.8, 4) is 0 Å². The zero-order chi connectivity index (χ0) is 43.5. The van der Waals surface area contributed by atoms with E-state index in [0.29, 0.717) is 0 Å². The van der Waals surface area contributed by atoms with Crippen molar-refractivity contribution in [2.45, 2.75) is 13.8 Å². The van der Waals surface area contributed by atoms with Gasteiger partial charge in [0.15, 0.2) is 0 Å². The van der Waals surface area contributed by atoms with E-state index >= 15 is 0 Å². The van der Waals surface area contributed by atoms with Crippen molar-refractivity contribution in [3.05, 3.63) is 287 Å². The zero-order valence-electron chi connectivity index (χ0n) is 35.6. The number of aliphatic imine (C=N–C) groups is 4. The predicted octanol–water partition coefficient (Wildman–Crippen LogP) is 13.8. The van der Waals surface area contributed by atoms with Crippen LogP contribution in [0.2, 0.25) is 0 Å². The van der Waals surface area contributed by atoms with Gasteiger partial charge in [0.2, 0.25) is 0 Å². The lowest BCUT2D eigenvalue weighted by atomic mass is 10.0. The number of pyridine rings is 2. The van der Waals surface area contributed by atoms with Crippen LogP contribution in [-0.4, -0.2) is 32.8 Å². The van der Waals surface area contributed by atoms with Gasteiger partial charge in [0.25, 0.3) is 0 Å². The van der Waals surface area contributed by atoms with Crippen LogP contribution in [-0.2, 0) is 0 Å². The van der Waals surface area contributed by atoms with Gasteiger partial charge in [-0.1, -0.05) is 170 Å². The first-order valence-electron chi connectivity index (χ1n) is 21.3. The molecule has 0 saturated carbocycles. The molecule has 64 heavy (non-hydrogen) atoms. The molecular formula is C58H44N6. The Balaban J connectivity index is 1.10. The van der Waals surface area contributed by atoms with Crippen LogP contribution in [0.3, 0.4) is 0 Å². The first-order valence-corrected chi connectivity index (χ1v) is 21.3. The average molecular weight is 825 g/mol. The summed E-state index contributed by atoms with van der Waals surface area (Å²) in [6.07, 6.45) is 0. The molecule has 0 N–H and O–H groups in total. The topological polar surface area (TPSA) is 75.2 Å². The third-order valence-corrected chi connectivity index (χ3v) is 10.7. The Bertz CT molecular complexity index is 2920. The molecule has 2 heterocycles. The lowest BCUT2D eigenvalue weighted by Crippen LogP contribution is -2.11. The van der Waals surface area contributed by atoms with Crippen molar-refractivity contribution in [3.63, 3.8) is 0 Å². The lowest BCUT2D eigenvalue weighted by molar-refractivity contribution is 1.24. The van der Waals surface area contributed by atoms with Crippen molar-refractivity contribution in [2.75, 3.05) is 0 Å². The lowest BCUT2D eigenvalue weighted by Gasteiger charge is -2.12. The summed E-state index contributed by atoms with van der Waals surface area (Å²) in [4.78, 5) is 31.3. The Morgan fingerprint density at radius 3 is 0.828 bits per heavy atom. The molecule has 0 aliphatic heterocycles. The van der Waals surface area contributed by atoms with E-state index in [2.05, 4.69) is 74.5 Å². The predicted molar refractivity (Wildman–Crippen MR) is 264 cm³/mol. The second-order valence-corrected chi connectivity index (χ2v) is 15.2. The highest BCUT2D eigenvalue weighted by molar-refractivity contribution is 6.17. The second kappa shape index (κ2) is 19.5. The highest BCUT2D eigenvalue weighted by Gasteiger charge is 2.17. The Morgan fingerprint density at radius 2 is 0.531 bits per heavy atom. The van der Waals surface area contributed by atoms with Crippen molar-refractivity contribution < 1.29 is 0 Å². The van der Waals surface area contributed by atoms with E-state index in [1.54, 1.807) is 0 Å². The van der Waals surface area contributed by atoms with Gasteiger partial charge in [0.1, 0.15) is 0 Å². The number of aryl methyl sites for hydroxylation is 2. The molecule has 2 aromatic heterocycles. The Kier molecular flexibility index (Phi) is 12.5. The van der Waals surface area contributed by atoms with E-state index in [4.69, 9.17) is 29.9 Å². The maximum absolute atomic E-state index is 5.25. The fraction of sp³-hybridized carbons (Fsp3) is 0.0345. The molecule has 0 aliphatic rings. The summed E-state index contributed by atoms with van der Waals surface area (Å²) in [6.45, 7) is 4.15. The third kappa shape index (κ3) is 9.68. The summed E-state index contributed by atoms with van der Waals surface area (Å²) in [5, 5.41) is 0. The van der Waals surface area contributed by atoms with Gasteiger partial charge < -0.3 is 0 Å². The fourth-order valence-electron chi connectivity index (χ4n) is 7.34. The van der Waals surface area contributed by atoms with Gasteiger partial charge >= 0.3 is 0 Å². The van der Waals surface area contributed by atoms with Crippen LogP contribution < -0.4 is 0 Å². The summed E-state index contributed by atoms with van der Waals surface area (Å²) in [7, 11) is 0. The quantitative estimate of drug-likeness (QED) is 0.115. The van der Waals surface area contributed by atoms with Gasteiger partial charge in [0, 0.05) is 22.3 Å². The number of para-hydroxylation sites is 2. The summed E-state index contributed by atoms with van der Waals surface area (Å²) < 4.78 is 0. The van der Waals surface area contributed by atoms with E-state index in [1.165, 1.54) is 0 Å². The van der Waals surface area contributed by atoms with Gasteiger partial charge in [-0.25, -0.2) is 29.9 Å². The molecule has 6 nitrogen and oxygen atoms in total. The maximum Gasteiger partial charge on any atom is 0.0966 e. The van der Waals surface area contributed by atoms with Crippen LogP contribution in [0.15, 0.2) is 250 Å². The molecule has 0 atom stereocenters. The first-order chi connectivity index (χ1) is 31.6. The minimum Gasteiger partial charge on any atom is -0.246 e. The zero-order valence-corrected chi connectivity index (χ0v) is 35.6. The minimum absolute atomic E-state index is 0.734. The molecule has 0 saturated heterocycles. The molecule has 7 aromatic carbocycles. The number of rotatable bonds is 12. The number of aromatic nitrogens is 2. The van der Waals surface area contributed by atoms with Gasteiger partial charge in [-0.2, -0.15) is 0 Å². The molecule has 0 unspecified atom stereocenters. The van der Waals surface area contributed by atoms with E-state index < -0.39 is 0 Å². The molecule has 306 valence electrons. The molecular weight excluding hydrogens is 781 g/mol. The molecule has 9 rings (SSSR count). The molecule has 0 fully saturated rings.